The molecule has 0 atom stereocenters. The second-order valence-electron chi connectivity index (χ2n) is 4.29. The standard InChI is InChI=1S/C16H10FNO2/c1-19-12-6-7-15-13(8-12)14(9-18)16(20-15)10-2-4-11(17)5-3-10/h2-8H,1H3. The Labute approximate surface area is 114 Å². The summed E-state index contributed by atoms with van der Waals surface area (Å²) >= 11 is 0. The van der Waals surface area contributed by atoms with Crippen LogP contribution in [0.3, 0.4) is 0 Å². The summed E-state index contributed by atoms with van der Waals surface area (Å²) in [5.41, 5.74) is 1.69. The molecule has 3 rings (SSSR count). The molecule has 0 bridgehead atoms. The van der Waals surface area contributed by atoms with Gasteiger partial charge in [-0.15, -0.1) is 0 Å². The summed E-state index contributed by atoms with van der Waals surface area (Å²) in [7, 11) is 1.56. The first-order valence-electron chi connectivity index (χ1n) is 5.99. The quantitative estimate of drug-likeness (QED) is 0.701. The Morgan fingerprint density at radius 2 is 1.90 bits per heavy atom. The van der Waals surface area contributed by atoms with E-state index < -0.39 is 0 Å². The number of fused-ring (bicyclic) bond motifs is 1. The van der Waals surface area contributed by atoms with Crippen LogP contribution in [0.4, 0.5) is 4.39 Å². The number of nitrogens with zero attached hydrogens (tertiary/aromatic N) is 1. The molecular formula is C16H10FNO2. The fourth-order valence-corrected chi connectivity index (χ4v) is 2.12. The van der Waals surface area contributed by atoms with Gasteiger partial charge in [-0.1, -0.05) is 0 Å². The van der Waals surface area contributed by atoms with Gasteiger partial charge in [0.05, 0.1) is 7.11 Å². The zero-order valence-corrected chi connectivity index (χ0v) is 10.7. The van der Waals surface area contributed by atoms with E-state index in [1.807, 2.05) is 0 Å². The molecule has 0 aliphatic rings. The lowest BCUT2D eigenvalue weighted by Crippen LogP contribution is -1.82. The van der Waals surface area contributed by atoms with Crippen LogP contribution in [0.5, 0.6) is 5.75 Å². The Morgan fingerprint density at radius 1 is 1.15 bits per heavy atom. The first kappa shape index (κ1) is 12.2. The van der Waals surface area contributed by atoms with E-state index in [2.05, 4.69) is 6.07 Å². The van der Waals surface area contributed by atoms with Gasteiger partial charge in [-0.2, -0.15) is 5.26 Å². The summed E-state index contributed by atoms with van der Waals surface area (Å²) in [4.78, 5) is 0. The molecule has 0 radical (unpaired) electrons. The second-order valence-corrected chi connectivity index (χ2v) is 4.29. The van der Waals surface area contributed by atoms with E-state index in [9.17, 15) is 9.65 Å². The van der Waals surface area contributed by atoms with E-state index in [4.69, 9.17) is 9.15 Å². The molecule has 0 fully saturated rings. The highest BCUT2D eigenvalue weighted by Gasteiger charge is 2.16. The number of furan rings is 1. The molecule has 20 heavy (non-hydrogen) atoms. The average molecular weight is 267 g/mol. The van der Waals surface area contributed by atoms with Crippen LogP contribution in [-0.4, -0.2) is 7.11 Å². The monoisotopic (exact) mass is 267 g/mol. The zero-order valence-electron chi connectivity index (χ0n) is 10.7. The summed E-state index contributed by atoms with van der Waals surface area (Å²) in [6.45, 7) is 0. The number of hydrogen-bond donors (Lipinski definition) is 0. The van der Waals surface area contributed by atoms with Crippen molar-refractivity contribution in [1.82, 2.24) is 0 Å². The molecule has 3 nitrogen and oxygen atoms in total. The highest BCUT2D eigenvalue weighted by Crippen LogP contribution is 2.34. The molecule has 0 amide bonds. The van der Waals surface area contributed by atoms with E-state index in [0.29, 0.717) is 33.6 Å². The number of halogens is 1. The van der Waals surface area contributed by atoms with Crippen molar-refractivity contribution in [3.05, 3.63) is 53.8 Å². The summed E-state index contributed by atoms with van der Waals surface area (Å²) in [6.07, 6.45) is 0. The lowest BCUT2D eigenvalue weighted by atomic mass is 10.1. The van der Waals surface area contributed by atoms with Gasteiger partial charge in [-0.25, -0.2) is 4.39 Å². The van der Waals surface area contributed by atoms with Crippen LogP contribution in [0.1, 0.15) is 5.56 Å². The molecule has 0 saturated heterocycles. The van der Waals surface area contributed by atoms with Gasteiger partial charge < -0.3 is 9.15 Å². The molecule has 2 aromatic carbocycles. The van der Waals surface area contributed by atoms with Crippen molar-refractivity contribution >= 4 is 11.0 Å². The van der Waals surface area contributed by atoms with Crippen LogP contribution in [0.25, 0.3) is 22.3 Å². The summed E-state index contributed by atoms with van der Waals surface area (Å²) in [5.74, 6) is 0.765. The molecule has 0 aliphatic heterocycles. The molecule has 3 aromatic rings. The van der Waals surface area contributed by atoms with E-state index >= 15 is 0 Å². The lowest BCUT2D eigenvalue weighted by molar-refractivity contribution is 0.415. The number of hydrogen-bond acceptors (Lipinski definition) is 3. The van der Waals surface area contributed by atoms with Crippen LogP contribution in [0.2, 0.25) is 0 Å². The number of methoxy groups -OCH3 is 1. The smallest absolute Gasteiger partial charge is 0.153 e. The van der Waals surface area contributed by atoms with Crippen molar-refractivity contribution in [2.45, 2.75) is 0 Å². The summed E-state index contributed by atoms with van der Waals surface area (Å²) in [6, 6.07) is 13.3. The minimum atomic E-state index is -0.329. The van der Waals surface area contributed by atoms with E-state index in [1.165, 1.54) is 12.1 Å². The van der Waals surface area contributed by atoms with Gasteiger partial charge in [0, 0.05) is 10.9 Å². The fourth-order valence-electron chi connectivity index (χ4n) is 2.12. The summed E-state index contributed by atoms with van der Waals surface area (Å²) in [5, 5.41) is 10.0. The molecule has 0 saturated carbocycles. The normalized spacial score (nSPS) is 10.4. The first-order valence-corrected chi connectivity index (χ1v) is 5.99. The fraction of sp³-hybridized carbons (Fsp3) is 0.0625. The highest BCUT2D eigenvalue weighted by atomic mass is 19.1. The molecule has 1 aromatic heterocycles. The van der Waals surface area contributed by atoms with E-state index in [1.54, 1.807) is 37.4 Å². The zero-order chi connectivity index (χ0) is 14.1. The van der Waals surface area contributed by atoms with Crippen molar-refractivity contribution < 1.29 is 13.5 Å². The van der Waals surface area contributed by atoms with Gasteiger partial charge in [0.25, 0.3) is 0 Å². The van der Waals surface area contributed by atoms with Crippen LogP contribution in [0.15, 0.2) is 46.9 Å². The Morgan fingerprint density at radius 3 is 2.55 bits per heavy atom. The molecule has 0 N–H and O–H groups in total. The van der Waals surface area contributed by atoms with Crippen molar-refractivity contribution in [2.24, 2.45) is 0 Å². The number of benzene rings is 2. The molecule has 0 unspecified atom stereocenters. The SMILES string of the molecule is COc1ccc2oc(-c3ccc(F)cc3)c(C#N)c2c1. The van der Waals surface area contributed by atoms with E-state index in [-0.39, 0.29) is 5.82 Å². The third kappa shape index (κ3) is 1.90. The van der Waals surface area contributed by atoms with Crippen molar-refractivity contribution in [1.29, 1.82) is 5.26 Å². The van der Waals surface area contributed by atoms with Gasteiger partial charge in [0.15, 0.2) is 5.76 Å². The third-order valence-corrected chi connectivity index (χ3v) is 3.11. The van der Waals surface area contributed by atoms with Gasteiger partial charge in [-0.3, -0.25) is 0 Å². The Balaban J connectivity index is 2.26. The lowest BCUT2D eigenvalue weighted by Gasteiger charge is -1.97. The average Bonchev–Trinajstić information content (AvgIpc) is 2.85. The maximum Gasteiger partial charge on any atom is 0.153 e. The van der Waals surface area contributed by atoms with Crippen molar-refractivity contribution in [2.75, 3.05) is 7.11 Å². The Kier molecular flexibility index (Phi) is 2.88. The molecule has 98 valence electrons. The van der Waals surface area contributed by atoms with Gasteiger partial charge in [0.2, 0.25) is 0 Å². The third-order valence-electron chi connectivity index (χ3n) is 3.11. The first-order chi connectivity index (χ1) is 9.72. The minimum Gasteiger partial charge on any atom is -0.497 e. The predicted octanol–water partition coefficient (Wildman–Crippen LogP) is 4.12. The maximum absolute atomic E-state index is 13.0. The van der Waals surface area contributed by atoms with Crippen molar-refractivity contribution in [3.8, 4) is 23.1 Å². The molecule has 4 heteroatoms. The predicted molar refractivity (Wildman–Crippen MR) is 72.9 cm³/mol. The van der Waals surface area contributed by atoms with Gasteiger partial charge in [-0.05, 0) is 42.5 Å². The van der Waals surface area contributed by atoms with Gasteiger partial charge in [0.1, 0.15) is 28.8 Å². The largest absolute Gasteiger partial charge is 0.497 e. The second kappa shape index (κ2) is 4.71. The topological polar surface area (TPSA) is 46.2 Å². The van der Waals surface area contributed by atoms with Crippen LogP contribution >= 0.6 is 0 Å². The Hall–Kier alpha value is -2.80. The van der Waals surface area contributed by atoms with Crippen LogP contribution < -0.4 is 4.74 Å². The van der Waals surface area contributed by atoms with E-state index in [0.717, 1.165) is 0 Å². The molecular weight excluding hydrogens is 257 g/mol. The molecule has 0 spiro atoms. The molecule has 0 aliphatic carbocycles. The molecule has 1 heterocycles. The summed E-state index contributed by atoms with van der Waals surface area (Å²) < 4.78 is 23.8. The number of rotatable bonds is 2. The van der Waals surface area contributed by atoms with Crippen molar-refractivity contribution in [3.63, 3.8) is 0 Å². The van der Waals surface area contributed by atoms with Crippen LogP contribution in [-0.2, 0) is 0 Å². The minimum absolute atomic E-state index is 0.329. The van der Waals surface area contributed by atoms with Gasteiger partial charge >= 0.3 is 0 Å². The Bertz CT molecular complexity index is 813. The van der Waals surface area contributed by atoms with Crippen LogP contribution in [0, 0.1) is 17.1 Å². The maximum atomic E-state index is 13.0. The number of nitriles is 1. The highest BCUT2D eigenvalue weighted by molar-refractivity contribution is 5.91. The number of ether oxygens (including phenoxy) is 1.